The molecule has 0 spiro atoms. The largest absolute Gasteiger partial charge is 0.494 e. The number of hydrogen-bond donors (Lipinski definition) is 0. The highest BCUT2D eigenvalue weighted by Crippen LogP contribution is 2.26. The van der Waals surface area contributed by atoms with E-state index in [1.807, 2.05) is 19.1 Å². The smallest absolute Gasteiger partial charge is 0.225 e. The van der Waals surface area contributed by atoms with Gasteiger partial charge in [0.25, 0.3) is 0 Å². The van der Waals surface area contributed by atoms with E-state index < -0.39 is 0 Å². The molecule has 24 heavy (non-hydrogen) atoms. The quantitative estimate of drug-likeness (QED) is 0.830. The molecule has 0 bridgehead atoms. The van der Waals surface area contributed by atoms with Gasteiger partial charge in [0.05, 0.1) is 6.61 Å². The minimum absolute atomic E-state index is 0.302. The summed E-state index contributed by atoms with van der Waals surface area (Å²) in [6, 6.07) is 8.37. The summed E-state index contributed by atoms with van der Waals surface area (Å²) in [6.45, 7) is 7.38. The minimum Gasteiger partial charge on any atom is -0.494 e. The van der Waals surface area contributed by atoms with Crippen molar-refractivity contribution in [3.05, 3.63) is 29.8 Å². The molecular weight excluding hydrogens is 300 g/mol. The van der Waals surface area contributed by atoms with Gasteiger partial charge in [-0.05, 0) is 37.5 Å². The van der Waals surface area contributed by atoms with Crippen LogP contribution in [0.4, 0.5) is 0 Å². The van der Waals surface area contributed by atoms with Crippen LogP contribution in [-0.4, -0.2) is 48.5 Å². The van der Waals surface area contributed by atoms with Crippen molar-refractivity contribution in [2.45, 2.75) is 45.6 Å². The molecule has 0 unspecified atom stereocenters. The molecule has 1 amide bonds. The second-order valence-corrected chi connectivity index (χ2v) is 7.01. The molecule has 1 aromatic carbocycles. The van der Waals surface area contributed by atoms with E-state index in [1.165, 1.54) is 24.8 Å². The standard InChI is InChI=1S/C20H30N2O2/c1-2-24-19-10-8-17(9-11-19)16-21-12-14-22(15-13-21)20(23)18-6-4-3-5-7-18/h8-11,18H,2-7,12-16H2,1H3. The summed E-state index contributed by atoms with van der Waals surface area (Å²) in [4.78, 5) is 17.2. The highest BCUT2D eigenvalue weighted by Gasteiger charge is 2.28. The molecule has 0 radical (unpaired) electrons. The normalized spacial score (nSPS) is 20.1. The van der Waals surface area contributed by atoms with E-state index in [-0.39, 0.29) is 0 Å². The van der Waals surface area contributed by atoms with Gasteiger partial charge < -0.3 is 9.64 Å². The van der Waals surface area contributed by atoms with E-state index in [2.05, 4.69) is 21.9 Å². The van der Waals surface area contributed by atoms with Gasteiger partial charge >= 0.3 is 0 Å². The predicted octanol–water partition coefficient (Wildman–Crippen LogP) is 3.31. The Bertz CT molecular complexity index is 515. The first-order chi connectivity index (χ1) is 11.8. The Hall–Kier alpha value is -1.55. The first kappa shape index (κ1) is 17.3. The van der Waals surface area contributed by atoms with Crippen molar-refractivity contribution in [2.75, 3.05) is 32.8 Å². The number of piperazine rings is 1. The summed E-state index contributed by atoms with van der Waals surface area (Å²) in [5, 5.41) is 0. The zero-order chi connectivity index (χ0) is 16.8. The molecule has 0 aromatic heterocycles. The molecule has 0 N–H and O–H groups in total. The van der Waals surface area contributed by atoms with E-state index in [0.29, 0.717) is 18.4 Å². The van der Waals surface area contributed by atoms with Crippen LogP contribution in [0.3, 0.4) is 0 Å². The van der Waals surface area contributed by atoms with E-state index in [0.717, 1.165) is 51.3 Å². The first-order valence-corrected chi connectivity index (χ1v) is 9.49. The molecule has 4 heteroatoms. The monoisotopic (exact) mass is 330 g/mol. The maximum atomic E-state index is 12.6. The average molecular weight is 330 g/mol. The molecule has 0 atom stereocenters. The Balaban J connectivity index is 1.45. The fourth-order valence-electron chi connectivity index (χ4n) is 3.85. The Kier molecular flexibility index (Phi) is 6.13. The van der Waals surface area contributed by atoms with E-state index in [4.69, 9.17) is 4.74 Å². The van der Waals surface area contributed by atoms with Gasteiger partial charge in [0, 0.05) is 38.6 Å². The van der Waals surface area contributed by atoms with Crippen LogP contribution in [0, 0.1) is 5.92 Å². The highest BCUT2D eigenvalue weighted by molar-refractivity contribution is 5.79. The SMILES string of the molecule is CCOc1ccc(CN2CCN(C(=O)C3CCCCC3)CC2)cc1. The lowest BCUT2D eigenvalue weighted by atomic mass is 9.88. The number of nitrogens with zero attached hydrogens (tertiary/aromatic N) is 2. The molecule has 1 aromatic rings. The number of carbonyl (C=O) groups excluding carboxylic acids is 1. The summed E-state index contributed by atoms with van der Waals surface area (Å²) < 4.78 is 5.49. The molecule has 3 rings (SSSR count). The number of carbonyl (C=O) groups is 1. The topological polar surface area (TPSA) is 32.8 Å². The Morgan fingerprint density at radius 2 is 1.71 bits per heavy atom. The zero-order valence-electron chi connectivity index (χ0n) is 14.9. The van der Waals surface area contributed by atoms with Crippen molar-refractivity contribution in [3.63, 3.8) is 0 Å². The maximum Gasteiger partial charge on any atom is 0.225 e. The van der Waals surface area contributed by atoms with Crippen molar-refractivity contribution < 1.29 is 9.53 Å². The number of rotatable bonds is 5. The lowest BCUT2D eigenvalue weighted by molar-refractivity contribution is -0.138. The van der Waals surface area contributed by atoms with Gasteiger partial charge in [-0.15, -0.1) is 0 Å². The van der Waals surface area contributed by atoms with Crippen molar-refractivity contribution in [2.24, 2.45) is 5.92 Å². The molecule has 1 saturated heterocycles. The van der Waals surface area contributed by atoms with Gasteiger partial charge in [-0.25, -0.2) is 0 Å². The van der Waals surface area contributed by atoms with Crippen LogP contribution in [0.25, 0.3) is 0 Å². The van der Waals surface area contributed by atoms with Crippen LogP contribution in [0.15, 0.2) is 24.3 Å². The second kappa shape index (κ2) is 8.52. The van der Waals surface area contributed by atoms with Gasteiger partial charge in [-0.1, -0.05) is 31.4 Å². The van der Waals surface area contributed by atoms with E-state index >= 15 is 0 Å². The molecule has 1 saturated carbocycles. The van der Waals surface area contributed by atoms with Crippen molar-refractivity contribution >= 4 is 5.91 Å². The Morgan fingerprint density at radius 1 is 1.04 bits per heavy atom. The predicted molar refractivity (Wildman–Crippen MR) is 96.0 cm³/mol. The van der Waals surface area contributed by atoms with Gasteiger partial charge in [-0.2, -0.15) is 0 Å². The fraction of sp³-hybridized carbons (Fsp3) is 0.650. The van der Waals surface area contributed by atoms with Crippen molar-refractivity contribution in [1.29, 1.82) is 0 Å². The van der Waals surface area contributed by atoms with Crippen LogP contribution in [0.2, 0.25) is 0 Å². The van der Waals surface area contributed by atoms with E-state index in [9.17, 15) is 4.79 Å². The van der Waals surface area contributed by atoms with Gasteiger partial charge in [0.15, 0.2) is 0 Å². The third kappa shape index (κ3) is 4.50. The number of ether oxygens (including phenoxy) is 1. The van der Waals surface area contributed by atoms with Crippen LogP contribution < -0.4 is 4.74 Å². The fourth-order valence-corrected chi connectivity index (χ4v) is 3.85. The number of hydrogen-bond acceptors (Lipinski definition) is 3. The van der Waals surface area contributed by atoms with Crippen LogP contribution in [0.5, 0.6) is 5.75 Å². The summed E-state index contributed by atoms with van der Waals surface area (Å²) in [6.07, 6.45) is 5.97. The Morgan fingerprint density at radius 3 is 2.33 bits per heavy atom. The van der Waals surface area contributed by atoms with Gasteiger partial charge in [0.1, 0.15) is 5.75 Å². The molecule has 4 nitrogen and oxygen atoms in total. The second-order valence-electron chi connectivity index (χ2n) is 7.01. The lowest BCUT2D eigenvalue weighted by Crippen LogP contribution is -2.50. The highest BCUT2D eigenvalue weighted by atomic mass is 16.5. The molecule has 132 valence electrons. The molecule has 1 aliphatic heterocycles. The summed E-state index contributed by atoms with van der Waals surface area (Å²) in [5.41, 5.74) is 1.31. The summed E-state index contributed by atoms with van der Waals surface area (Å²) in [7, 11) is 0. The Labute approximate surface area is 145 Å². The van der Waals surface area contributed by atoms with Crippen LogP contribution in [-0.2, 0) is 11.3 Å². The third-order valence-electron chi connectivity index (χ3n) is 5.28. The molecule has 2 fully saturated rings. The van der Waals surface area contributed by atoms with Gasteiger partial charge in [-0.3, -0.25) is 9.69 Å². The molecular formula is C20H30N2O2. The first-order valence-electron chi connectivity index (χ1n) is 9.49. The van der Waals surface area contributed by atoms with Crippen molar-refractivity contribution in [1.82, 2.24) is 9.80 Å². The van der Waals surface area contributed by atoms with Gasteiger partial charge in [0.2, 0.25) is 5.91 Å². The van der Waals surface area contributed by atoms with Crippen LogP contribution in [0.1, 0.15) is 44.6 Å². The van der Waals surface area contributed by atoms with E-state index in [1.54, 1.807) is 0 Å². The minimum atomic E-state index is 0.302. The molecule has 1 aliphatic carbocycles. The van der Waals surface area contributed by atoms with Crippen LogP contribution >= 0.6 is 0 Å². The average Bonchev–Trinajstić information content (AvgIpc) is 2.64. The molecule has 2 aliphatic rings. The molecule has 1 heterocycles. The maximum absolute atomic E-state index is 12.6. The third-order valence-corrected chi connectivity index (χ3v) is 5.28. The number of benzene rings is 1. The summed E-state index contributed by atoms with van der Waals surface area (Å²) >= 11 is 0. The number of amides is 1. The summed E-state index contributed by atoms with van der Waals surface area (Å²) in [5.74, 6) is 1.65. The zero-order valence-corrected chi connectivity index (χ0v) is 14.9. The lowest BCUT2D eigenvalue weighted by Gasteiger charge is -2.37. The van der Waals surface area contributed by atoms with Crippen molar-refractivity contribution in [3.8, 4) is 5.75 Å².